The van der Waals surface area contributed by atoms with Crippen molar-refractivity contribution in [3.63, 3.8) is 0 Å². The van der Waals surface area contributed by atoms with E-state index in [1.54, 1.807) is 0 Å². The van der Waals surface area contributed by atoms with Crippen LogP contribution in [-0.2, 0) is 12.8 Å². The molecule has 2 aromatic rings. The maximum absolute atomic E-state index is 6.41. The quantitative estimate of drug-likeness (QED) is 0.828. The lowest BCUT2D eigenvalue weighted by Crippen LogP contribution is -2.48. The van der Waals surface area contributed by atoms with E-state index in [1.165, 1.54) is 42.5 Å². The Bertz CT molecular complexity index is 682. The van der Waals surface area contributed by atoms with Gasteiger partial charge in [-0.2, -0.15) is 0 Å². The Morgan fingerprint density at radius 3 is 2.71 bits per heavy atom. The van der Waals surface area contributed by atoms with E-state index < -0.39 is 0 Å². The number of fused-ring (bicyclic) bond motifs is 1. The maximum atomic E-state index is 6.41. The maximum Gasteiger partial charge on any atom is 0.123 e. The highest BCUT2D eigenvalue weighted by molar-refractivity contribution is 5.40. The second kappa shape index (κ2) is 6.98. The largest absolute Gasteiger partial charge is 0.489 e. The van der Waals surface area contributed by atoms with Crippen LogP contribution in [0, 0.1) is 0 Å². The lowest BCUT2D eigenvalue weighted by Gasteiger charge is -2.40. The number of hydrogen-bond acceptors (Lipinski definition) is 2. The topological polar surface area (TPSA) is 12.5 Å². The minimum atomic E-state index is 0.364. The average Bonchev–Trinajstić information content (AvgIpc) is 2.63. The molecule has 2 heterocycles. The van der Waals surface area contributed by atoms with E-state index in [-0.39, 0.29) is 0 Å². The zero-order valence-electron chi connectivity index (χ0n) is 14.6. The van der Waals surface area contributed by atoms with Crippen LogP contribution < -0.4 is 4.74 Å². The number of nitrogens with zero attached hydrogens (tertiary/aromatic N) is 1. The van der Waals surface area contributed by atoms with E-state index in [0.29, 0.717) is 12.1 Å². The van der Waals surface area contributed by atoms with Crippen LogP contribution in [0.3, 0.4) is 0 Å². The van der Waals surface area contributed by atoms with Gasteiger partial charge in [-0.15, -0.1) is 0 Å². The van der Waals surface area contributed by atoms with Crippen LogP contribution >= 0.6 is 0 Å². The number of piperidine rings is 1. The van der Waals surface area contributed by atoms with Crippen LogP contribution in [0.5, 0.6) is 5.75 Å². The molecule has 2 heteroatoms. The third-order valence-electron chi connectivity index (χ3n) is 5.61. The van der Waals surface area contributed by atoms with Crippen molar-refractivity contribution in [1.82, 2.24) is 4.90 Å². The molecule has 0 radical (unpaired) electrons. The molecule has 2 nitrogen and oxygen atoms in total. The molecular weight excluding hydrogens is 294 g/mol. The van der Waals surface area contributed by atoms with Crippen molar-refractivity contribution >= 4 is 0 Å². The predicted molar refractivity (Wildman–Crippen MR) is 98.7 cm³/mol. The fourth-order valence-corrected chi connectivity index (χ4v) is 4.25. The first-order valence-corrected chi connectivity index (χ1v) is 9.32. The molecule has 4 rings (SSSR count). The molecular formula is C22H27NO. The normalized spacial score (nSPS) is 24.2. The highest BCUT2D eigenvalue weighted by Crippen LogP contribution is 2.33. The molecule has 2 aliphatic heterocycles. The van der Waals surface area contributed by atoms with Gasteiger partial charge in [0.15, 0.2) is 0 Å². The molecule has 126 valence electrons. The molecule has 0 amide bonds. The molecule has 2 atom stereocenters. The van der Waals surface area contributed by atoms with E-state index in [1.807, 2.05) is 0 Å². The molecule has 1 saturated heterocycles. The zero-order valence-corrected chi connectivity index (χ0v) is 14.6. The van der Waals surface area contributed by atoms with Crippen LogP contribution in [0.15, 0.2) is 48.5 Å². The average molecular weight is 321 g/mol. The Morgan fingerprint density at radius 1 is 1.00 bits per heavy atom. The Hall–Kier alpha value is -1.80. The minimum absolute atomic E-state index is 0.364. The summed E-state index contributed by atoms with van der Waals surface area (Å²) in [5, 5.41) is 0. The fraction of sp³-hybridized carbons (Fsp3) is 0.455. The third kappa shape index (κ3) is 3.34. The van der Waals surface area contributed by atoms with Gasteiger partial charge in [0.05, 0.1) is 0 Å². The van der Waals surface area contributed by atoms with E-state index in [2.05, 4.69) is 60.5 Å². The summed E-state index contributed by atoms with van der Waals surface area (Å²) >= 11 is 0. The van der Waals surface area contributed by atoms with Crippen molar-refractivity contribution in [2.75, 3.05) is 13.6 Å². The smallest absolute Gasteiger partial charge is 0.123 e. The van der Waals surface area contributed by atoms with Crippen LogP contribution in [0.1, 0.15) is 42.4 Å². The highest BCUT2D eigenvalue weighted by atomic mass is 16.5. The highest BCUT2D eigenvalue weighted by Gasteiger charge is 2.31. The summed E-state index contributed by atoms with van der Waals surface area (Å²) in [7, 11) is 2.26. The van der Waals surface area contributed by atoms with Crippen LogP contribution in [0.2, 0.25) is 0 Å². The second-order valence-corrected chi connectivity index (χ2v) is 7.34. The van der Waals surface area contributed by atoms with Crippen LogP contribution in [-0.4, -0.2) is 30.6 Å². The van der Waals surface area contributed by atoms with Crippen LogP contribution in [0.4, 0.5) is 0 Å². The lowest BCUT2D eigenvalue weighted by atomic mass is 9.91. The van der Waals surface area contributed by atoms with Gasteiger partial charge in [-0.1, -0.05) is 48.9 Å². The van der Waals surface area contributed by atoms with Crippen molar-refractivity contribution in [3.05, 3.63) is 65.2 Å². The number of hydrogen-bond donors (Lipinski definition) is 0. The number of rotatable bonds is 3. The van der Waals surface area contributed by atoms with Gasteiger partial charge >= 0.3 is 0 Å². The number of likely N-dealkylation sites (tertiary alicyclic amines) is 1. The van der Waals surface area contributed by atoms with Crippen molar-refractivity contribution in [2.45, 2.75) is 50.7 Å². The first-order chi connectivity index (χ1) is 11.8. The first kappa shape index (κ1) is 15.7. The number of ether oxygens (including phenoxy) is 1. The molecule has 0 aromatic heterocycles. The molecule has 0 saturated carbocycles. The van der Waals surface area contributed by atoms with Crippen molar-refractivity contribution in [1.29, 1.82) is 0 Å². The van der Waals surface area contributed by atoms with Gasteiger partial charge in [0.2, 0.25) is 0 Å². The summed E-state index contributed by atoms with van der Waals surface area (Å²) in [4.78, 5) is 2.50. The van der Waals surface area contributed by atoms with E-state index in [9.17, 15) is 0 Å². The van der Waals surface area contributed by atoms with Gasteiger partial charge in [0, 0.05) is 6.04 Å². The summed E-state index contributed by atoms with van der Waals surface area (Å²) in [5.41, 5.74) is 4.14. The van der Waals surface area contributed by atoms with Crippen molar-refractivity contribution < 1.29 is 4.74 Å². The van der Waals surface area contributed by atoms with Gasteiger partial charge in [0.1, 0.15) is 11.9 Å². The van der Waals surface area contributed by atoms with Gasteiger partial charge in [-0.3, -0.25) is 4.90 Å². The summed E-state index contributed by atoms with van der Waals surface area (Å²) in [6.07, 6.45) is 7.62. The van der Waals surface area contributed by atoms with Crippen molar-refractivity contribution in [3.8, 4) is 5.75 Å². The summed E-state index contributed by atoms with van der Waals surface area (Å²) in [6.45, 7) is 1.22. The summed E-state index contributed by atoms with van der Waals surface area (Å²) < 4.78 is 6.41. The van der Waals surface area contributed by atoms with Crippen LogP contribution in [0.25, 0.3) is 0 Å². The third-order valence-corrected chi connectivity index (χ3v) is 5.61. The summed E-state index contributed by atoms with van der Waals surface area (Å²) in [6, 6.07) is 18.1. The van der Waals surface area contributed by atoms with Gasteiger partial charge < -0.3 is 4.74 Å². The lowest BCUT2D eigenvalue weighted by molar-refractivity contribution is 0.0448. The molecule has 2 unspecified atom stereocenters. The van der Waals surface area contributed by atoms with Gasteiger partial charge in [0.25, 0.3) is 0 Å². The Balaban J connectivity index is 1.47. The molecule has 0 N–H and O–H groups in total. The zero-order chi connectivity index (χ0) is 16.4. The standard InChI is InChI=1S/C22H27NO/c1-23-14-6-5-9-20(23)22-13-11-19-16-18(10-12-21(19)24-22)15-17-7-3-2-4-8-17/h2-4,7-8,10,12,16,20,22H,5-6,9,11,13-15H2,1H3. The number of benzene rings is 2. The molecule has 0 aliphatic carbocycles. The van der Waals surface area contributed by atoms with E-state index in [4.69, 9.17) is 4.74 Å². The fourth-order valence-electron chi connectivity index (χ4n) is 4.25. The molecule has 1 fully saturated rings. The molecule has 2 aliphatic rings. The second-order valence-electron chi connectivity index (χ2n) is 7.34. The predicted octanol–water partition coefficient (Wildman–Crippen LogP) is 4.46. The number of aryl methyl sites for hydroxylation is 1. The minimum Gasteiger partial charge on any atom is -0.489 e. The monoisotopic (exact) mass is 321 g/mol. The van der Waals surface area contributed by atoms with Gasteiger partial charge in [-0.25, -0.2) is 0 Å². The van der Waals surface area contributed by atoms with Crippen molar-refractivity contribution in [2.24, 2.45) is 0 Å². The SMILES string of the molecule is CN1CCCCC1C1CCc2cc(Cc3ccccc3)ccc2O1. The van der Waals surface area contributed by atoms with E-state index in [0.717, 1.165) is 25.0 Å². The molecule has 2 aromatic carbocycles. The molecule has 0 bridgehead atoms. The first-order valence-electron chi connectivity index (χ1n) is 9.32. The Morgan fingerprint density at radius 2 is 1.88 bits per heavy atom. The summed E-state index contributed by atoms with van der Waals surface area (Å²) in [5.74, 6) is 1.11. The molecule has 24 heavy (non-hydrogen) atoms. The van der Waals surface area contributed by atoms with E-state index >= 15 is 0 Å². The Kier molecular flexibility index (Phi) is 4.57. The Labute approximate surface area is 145 Å². The number of likely N-dealkylation sites (N-methyl/N-ethyl adjacent to an activating group) is 1. The van der Waals surface area contributed by atoms with Gasteiger partial charge in [-0.05, 0) is 68.5 Å². The molecule has 0 spiro atoms.